The molecule has 3 aromatic rings. The first kappa shape index (κ1) is 15.1. The first-order valence-corrected chi connectivity index (χ1v) is 7.75. The van der Waals surface area contributed by atoms with E-state index in [2.05, 4.69) is 10.3 Å². The molecule has 0 aliphatic rings. The van der Waals surface area contributed by atoms with Crippen LogP contribution in [0.5, 0.6) is 5.75 Å². The lowest BCUT2D eigenvalue weighted by atomic mass is 10.1. The molecule has 1 heterocycles. The lowest BCUT2D eigenvalue weighted by molar-refractivity contribution is 0.112. The van der Waals surface area contributed by atoms with Crippen LogP contribution >= 0.6 is 11.3 Å². The summed E-state index contributed by atoms with van der Waals surface area (Å²) in [6.45, 7) is 0. The van der Waals surface area contributed by atoms with E-state index < -0.39 is 0 Å². The number of benzene rings is 2. The third kappa shape index (κ3) is 3.17. The van der Waals surface area contributed by atoms with Crippen molar-refractivity contribution in [3.05, 3.63) is 54.1 Å². The van der Waals surface area contributed by atoms with Gasteiger partial charge in [0.1, 0.15) is 11.6 Å². The molecule has 0 unspecified atom stereocenters. The molecule has 0 atom stereocenters. The van der Waals surface area contributed by atoms with E-state index in [1.165, 1.54) is 11.3 Å². The lowest BCUT2D eigenvalue weighted by Gasteiger charge is -2.06. The number of nitrogens with zero attached hydrogens (tertiary/aromatic N) is 1. The van der Waals surface area contributed by atoms with Gasteiger partial charge in [0.25, 0.3) is 0 Å². The van der Waals surface area contributed by atoms with E-state index in [9.17, 15) is 4.79 Å². The average molecular weight is 325 g/mol. The highest BCUT2D eigenvalue weighted by Gasteiger charge is 2.15. The summed E-state index contributed by atoms with van der Waals surface area (Å²) in [5.41, 5.74) is 8.24. The highest BCUT2D eigenvalue weighted by molar-refractivity contribution is 7.19. The number of nitrogens with two attached hydrogens (primary N) is 1. The predicted molar refractivity (Wildman–Crippen MR) is 93.6 cm³/mol. The fraction of sp³-hybridized carbons (Fsp3) is 0.0588. The van der Waals surface area contributed by atoms with E-state index in [1.54, 1.807) is 25.3 Å². The number of anilines is 3. The quantitative estimate of drug-likeness (QED) is 0.694. The van der Waals surface area contributed by atoms with E-state index in [1.807, 2.05) is 30.3 Å². The van der Waals surface area contributed by atoms with Crippen LogP contribution in [0.2, 0.25) is 0 Å². The molecule has 3 rings (SSSR count). The fourth-order valence-corrected chi connectivity index (χ4v) is 3.13. The first-order valence-electron chi connectivity index (χ1n) is 6.93. The molecular formula is C17H15N3O2S. The van der Waals surface area contributed by atoms with Crippen molar-refractivity contribution < 1.29 is 9.53 Å². The number of methoxy groups -OCH3 is 1. The summed E-state index contributed by atoms with van der Waals surface area (Å²) in [5.74, 6) is 1.04. The second kappa shape index (κ2) is 6.50. The zero-order valence-corrected chi connectivity index (χ0v) is 13.3. The van der Waals surface area contributed by atoms with Crippen molar-refractivity contribution in [2.24, 2.45) is 0 Å². The summed E-state index contributed by atoms with van der Waals surface area (Å²) in [5, 5.41) is 3.88. The number of hydrogen-bond acceptors (Lipinski definition) is 6. The van der Waals surface area contributed by atoms with Gasteiger partial charge in [0.15, 0.2) is 11.4 Å². The highest BCUT2D eigenvalue weighted by Crippen LogP contribution is 2.38. The van der Waals surface area contributed by atoms with Gasteiger partial charge in [-0.25, -0.2) is 4.98 Å². The highest BCUT2D eigenvalue weighted by atomic mass is 32.1. The van der Waals surface area contributed by atoms with Crippen molar-refractivity contribution >= 4 is 34.3 Å². The van der Waals surface area contributed by atoms with Crippen LogP contribution in [0.1, 0.15) is 10.4 Å². The summed E-state index contributed by atoms with van der Waals surface area (Å²) >= 11 is 1.39. The molecule has 3 N–H and O–H groups in total. The minimum atomic E-state index is 0.379. The largest absolute Gasteiger partial charge is 0.497 e. The maximum absolute atomic E-state index is 11.3. The van der Waals surface area contributed by atoms with Crippen molar-refractivity contribution in [2.45, 2.75) is 0 Å². The van der Waals surface area contributed by atoms with Crippen molar-refractivity contribution in [3.63, 3.8) is 0 Å². The summed E-state index contributed by atoms with van der Waals surface area (Å²) in [4.78, 5) is 16.4. The minimum Gasteiger partial charge on any atom is -0.497 e. The Balaban J connectivity index is 1.99. The third-order valence-corrected chi connectivity index (χ3v) is 4.33. The van der Waals surface area contributed by atoms with Crippen molar-refractivity contribution in [1.29, 1.82) is 0 Å². The monoisotopic (exact) mass is 325 g/mol. The number of carbonyl (C=O) groups excluding carboxylic acids is 1. The van der Waals surface area contributed by atoms with Crippen molar-refractivity contribution in [2.75, 3.05) is 18.2 Å². The Kier molecular flexibility index (Phi) is 4.25. The van der Waals surface area contributed by atoms with Crippen molar-refractivity contribution in [1.82, 2.24) is 4.98 Å². The van der Waals surface area contributed by atoms with Gasteiger partial charge in [0.2, 0.25) is 0 Å². The zero-order chi connectivity index (χ0) is 16.2. The average Bonchev–Trinajstić information content (AvgIpc) is 2.95. The molecule has 0 radical (unpaired) electrons. The minimum absolute atomic E-state index is 0.379. The number of rotatable bonds is 5. The van der Waals surface area contributed by atoms with Crippen LogP contribution in [0.25, 0.3) is 10.4 Å². The topological polar surface area (TPSA) is 77.2 Å². The SMILES string of the molecule is COc1ccc(C=O)c(-c2sc(Nc3ccccc3)nc2N)c1. The molecule has 0 fully saturated rings. The number of hydrogen-bond donors (Lipinski definition) is 2. The number of thiazole rings is 1. The maximum atomic E-state index is 11.3. The molecule has 0 bridgehead atoms. The number of para-hydroxylation sites is 1. The van der Waals surface area contributed by atoms with Crippen LogP contribution in [-0.4, -0.2) is 18.4 Å². The molecule has 5 nitrogen and oxygen atoms in total. The van der Waals surface area contributed by atoms with Gasteiger partial charge in [0.05, 0.1) is 12.0 Å². The lowest BCUT2D eigenvalue weighted by Crippen LogP contribution is -1.93. The number of nitrogen functional groups attached to an aromatic ring is 1. The van der Waals surface area contributed by atoms with Crippen LogP contribution in [0, 0.1) is 0 Å². The zero-order valence-electron chi connectivity index (χ0n) is 12.4. The molecule has 2 aromatic carbocycles. The summed E-state index contributed by atoms with van der Waals surface area (Å²) in [7, 11) is 1.58. The van der Waals surface area contributed by atoms with Crippen LogP contribution in [0.4, 0.5) is 16.6 Å². The molecular weight excluding hydrogens is 310 g/mol. The number of aldehydes is 1. The second-order valence-corrected chi connectivity index (χ2v) is 5.79. The number of nitrogens with one attached hydrogen (secondary N) is 1. The summed E-state index contributed by atoms with van der Waals surface area (Å²) in [6.07, 6.45) is 0.804. The van der Waals surface area contributed by atoms with Crippen molar-refractivity contribution in [3.8, 4) is 16.2 Å². The van der Waals surface area contributed by atoms with E-state index in [0.717, 1.165) is 22.4 Å². The second-order valence-electron chi connectivity index (χ2n) is 4.80. The van der Waals surface area contributed by atoms with Gasteiger partial charge in [-0.1, -0.05) is 29.5 Å². The fourth-order valence-electron chi connectivity index (χ4n) is 2.19. The molecule has 1 aromatic heterocycles. The Hall–Kier alpha value is -2.86. The van der Waals surface area contributed by atoms with E-state index in [-0.39, 0.29) is 0 Å². The van der Waals surface area contributed by atoms with E-state index >= 15 is 0 Å². The smallest absolute Gasteiger partial charge is 0.189 e. The molecule has 23 heavy (non-hydrogen) atoms. The number of aromatic nitrogens is 1. The Bertz CT molecular complexity index is 831. The van der Waals surface area contributed by atoms with Crippen LogP contribution in [0.3, 0.4) is 0 Å². The number of carbonyl (C=O) groups is 1. The van der Waals surface area contributed by atoms with Gasteiger partial charge < -0.3 is 15.8 Å². The standard InChI is InChI=1S/C17H15N3O2S/c1-22-13-8-7-11(10-21)14(9-13)15-16(18)20-17(23-15)19-12-5-3-2-4-6-12/h2-10H,18H2,1H3,(H,19,20). The van der Waals surface area contributed by atoms with Gasteiger partial charge in [-0.05, 0) is 30.3 Å². The van der Waals surface area contributed by atoms with E-state index in [4.69, 9.17) is 10.5 Å². The molecule has 0 aliphatic carbocycles. The molecule has 0 spiro atoms. The van der Waals surface area contributed by atoms with Gasteiger partial charge in [0, 0.05) is 16.8 Å². The van der Waals surface area contributed by atoms with E-state index in [0.29, 0.717) is 22.3 Å². The van der Waals surface area contributed by atoms with Gasteiger partial charge in [-0.15, -0.1) is 0 Å². The molecule has 0 amide bonds. The molecule has 0 saturated carbocycles. The summed E-state index contributed by atoms with van der Waals surface area (Å²) in [6, 6.07) is 15.0. The van der Waals surface area contributed by atoms with Crippen LogP contribution in [0.15, 0.2) is 48.5 Å². The first-order chi connectivity index (χ1) is 11.2. The predicted octanol–water partition coefficient (Wildman–Crippen LogP) is 3.96. The Morgan fingerprint density at radius 2 is 2.00 bits per heavy atom. The maximum Gasteiger partial charge on any atom is 0.189 e. The van der Waals surface area contributed by atoms with Gasteiger partial charge in [-0.2, -0.15) is 0 Å². The number of ether oxygens (including phenoxy) is 1. The molecule has 116 valence electrons. The Morgan fingerprint density at radius 3 is 2.70 bits per heavy atom. The third-order valence-electron chi connectivity index (χ3n) is 3.31. The van der Waals surface area contributed by atoms with Crippen LogP contribution in [-0.2, 0) is 0 Å². The van der Waals surface area contributed by atoms with Gasteiger partial charge in [-0.3, -0.25) is 4.79 Å². The normalized spacial score (nSPS) is 10.3. The molecule has 6 heteroatoms. The Labute approximate surface area is 137 Å². The van der Waals surface area contributed by atoms with Gasteiger partial charge >= 0.3 is 0 Å². The molecule has 0 saturated heterocycles. The molecule has 0 aliphatic heterocycles. The Morgan fingerprint density at radius 1 is 1.22 bits per heavy atom. The summed E-state index contributed by atoms with van der Waals surface area (Å²) < 4.78 is 5.23. The van der Waals surface area contributed by atoms with Crippen LogP contribution < -0.4 is 15.8 Å².